The molecule has 2 unspecified atom stereocenters. The lowest BCUT2D eigenvalue weighted by Crippen LogP contribution is -2.28. The van der Waals surface area contributed by atoms with Crippen molar-refractivity contribution in [2.24, 2.45) is 16.9 Å². The van der Waals surface area contributed by atoms with Crippen molar-refractivity contribution in [2.45, 2.75) is 6.42 Å². The Bertz CT molecular complexity index is 606. The summed E-state index contributed by atoms with van der Waals surface area (Å²) in [7, 11) is 0. The van der Waals surface area contributed by atoms with Gasteiger partial charge in [0.05, 0.1) is 5.71 Å². The van der Waals surface area contributed by atoms with Crippen LogP contribution < -0.4 is 10.7 Å². The molecule has 0 radical (unpaired) electrons. The number of hydrogen-bond donors (Lipinski definition) is 2. The third-order valence-electron chi connectivity index (χ3n) is 3.38. The molecule has 0 spiro atoms. The Morgan fingerprint density at radius 1 is 1.47 bits per heavy atom. The Kier molecular flexibility index (Phi) is 2.67. The van der Waals surface area contributed by atoms with Gasteiger partial charge in [-0.2, -0.15) is 5.10 Å². The molecule has 2 aliphatic rings. The zero-order chi connectivity index (χ0) is 13.4. The summed E-state index contributed by atoms with van der Waals surface area (Å²) in [5, 5.41) is 6.84. The Morgan fingerprint density at radius 2 is 2.32 bits per heavy atom. The molecule has 1 heterocycles. The normalized spacial score (nSPS) is 23.8. The summed E-state index contributed by atoms with van der Waals surface area (Å²) in [6.45, 7) is 3.41. The number of benzene rings is 1. The van der Waals surface area contributed by atoms with Crippen LogP contribution in [0.3, 0.4) is 0 Å². The molecule has 2 amide bonds. The number of hydrazone groups is 1. The van der Waals surface area contributed by atoms with Crippen LogP contribution in [0.5, 0.6) is 0 Å². The van der Waals surface area contributed by atoms with E-state index in [1.807, 2.05) is 18.2 Å². The van der Waals surface area contributed by atoms with Crippen molar-refractivity contribution in [3.8, 4) is 0 Å². The molecule has 0 bridgehead atoms. The molecule has 2 N–H and O–H groups in total. The minimum Gasteiger partial charge on any atom is -0.323 e. The summed E-state index contributed by atoms with van der Waals surface area (Å²) >= 11 is 0. The highest BCUT2D eigenvalue weighted by Gasteiger charge is 2.49. The lowest BCUT2D eigenvalue weighted by molar-refractivity contribution is -0.122. The van der Waals surface area contributed by atoms with Crippen LogP contribution in [0.15, 0.2) is 42.0 Å². The van der Waals surface area contributed by atoms with E-state index >= 15 is 0 Å². The molecule has 1 fully saturated rings. The number of hydrogen-bond acceptors (Lipinski definition) is 3. The van der Waals surface area contributed by atoms with Crippen molar-refractivity contribution >= 4 is 23.2 Å². The molecule has 0 saturated heterocycles. The number of nitrogens with one attached hydrogen (secondary N) is 2. The molecule has 5 heteroatoms. The third-order valence-corrected chi connectivity index (χ3v) is 3.38. The second-order valence-electron chi connectivity index (χ2n) is 4.70. The molecule has 19 heavy (non-hydrogen) atoms. The number of anilines is 1. The summed E-state index contributed by atoms with van der Waals surface area (Å²) in [5.41, 5.74) is 5.05. The van der Waals surface area contributed by atoms with Gasteiger partial charge < -0.3 is 5.32 Å². The Hall–Kier alpha value is -2.43. The fraction of sp³-hybridized carbons (Fsp3) is 0.214. The maximum absolute atomic E-state index is 11.4. The summed E-state index contributed by atoms with van der Waals surface area (Å²) in [4.78, 5) is 22.6. The minimum atomic E-state index is -0.250. The molecule has 1 aromatic rings. The predicted octanol–water partition coefficient (Wildman–Crippen LogP) is 1.28. The molecule has 5 nitrogen and oxygen atoms in total. The zero-order valence-corrected chi connectivity index (χ0v) is 10.2. The summed E-state index contributed by atoms with van der Waals surface area (Å²) < 4.78 is 0. The maximum atomic E-state index is 11.4. The monoisotopic (exact) mass is 255 g/mol. The SMILES string of the molecule is C=CC(=O)Nc1cccc(C2=NNC(=O)C3CC23)c1. The van der Waals surface area contributed by atoms with Gasteiger partial charge in [0, 0.05) is 23.1 Å². The molecule has 0 aromatic heterocycles. The van der Waals surface area contributed by atoms with Crippen molar-refractivity contribution in [3.05, 3.63) is 42.5 Å². The second kappa shape index (κ2) is 4.35. The van der Waals surface area contributed by atoms with Gasteiger partial charge in [0.1, 0.15) is 0 Å². The van der Waals surface area contributed by atoms with Gasteiger partial charge in [0.2, 0.25) is 11.8 Å². The van der Waals surface area contributed by atoms with Gasteiger partial charge in [-0.05, 0) is 24.6 Å². The summed E-state index contributed by atoms with van der Waals surface area (Å²) in [6.07, 6.45) is 2.08. The molecule has 1 saturated carbocycles. The molecule has 1 aliphatic carbocycles. The summed E-state index contributed by atoms with van der Waals surface area (Å²) in [5.74, 6) is 0.0447. The highest BCUT2D eigenvalue weighted by atomic mass is 16.2. The molecular weight excluding hydrogens is 242 g/mol. The van der Waals surface area contributed by atoms with Crippen molar-refractivity contribution in [3.63, 3.8) is 0 Å². The van der Waals surface area contributed by atoms with Gasteiger partial charge in [-0.1, -0.05) is 18.7 Å². The molecule has 2 atom stereocenters. The third kappa shape index (κ3) is 2.14. The van der Waals surface area contributed by atoms with Crippen LogP contribution in [-0.4, -0.2) is 17.5 Å². The number of nitrogens with zero attached hydrogens (tertiary/aromatic N) is 1. The molecule has 1 aliphatic heterocycles. The van der Waals surface area contributed by atoms with Crippen LogP contribution in [0, 0.1) is 11.8 Å². The van der Waals surface area contributed by atoms with E-state index in [4.69, 9.17) is 0 Å². The first-order valence-electron chi connectivity index (χ1n) is 6.10. The van der Waals surface area contributed by atoms with E-state index in [1.54, 1.807) is 6.07 Å². The predicted molar refractivity (Wildman–Crippen MR) is 71.5 cm³/mol. The minimum absolute atomic E-state index is 0.00450. The van der Waals surface area contributed by atoms with Crippen molar-refractivity contribution in [1.82, 2.24) is 5.43 Å². The van der Waals surface area contributed by atoms with E-state index in [-0.39, 0.29) is 23.7 Å². The van der Waals surface area contributed by atoms with Crippen LogP contribution >= 0.6 is 0 Å². The molecular formula is C14H13N3O2. The second-order valence-corrected chi connectivity index (χ2v) is 4.70. The Balaban J connectivity index is 1.86. The maximum Gasteiger partial charge on any atom is 0.247 e. The molecule has 1 aromatic carbocycles. The van der Waals surface area contributed by atoms with Crippen LogP contribution in [0.25, 0.3) is 0 Å². The van der Waals surface area contributed by atoms with Crippen LogP contribution in [0.1, 0.15) is 12.0 Å². The van der Waals surface area contributed by atoms with Gasteiger partial charge in [-0.25, -0.2) is 5.43 Å². The first kappa shape index (κ1) is 11.6. The van der Waals surface area contributed by atoms with Crippen LogP contribution in [0.2, 0.25) is 0 Å². The van der Waals surface area contributed by atoms with Crippen molar-refractivity contribution in [1.29, 1.82) is 0 Å². The smallest absolute Gasteiger partial charge is 0.247 e. The number of fused-ring (bicyclic) bond motifs is 1. The quantitative estimate of drug-likeness (QED) is 0.799. The average Bonchev–Trinajstić information content (AvgIpc) is 3.20. The highest BCUT2D eigenvalue weighted by molar-refractivity contribution is 6.10. The lowest BCUT2D eigenvalue weighted by Gasteiger charge is -2.12. The summed E-state index contributed by atoms with van der Waals surface area (Å²) in [6, 6.07) is 7.43. The number of carbonyl (C=O) groups excluding carboxylic acids is 2. The number of carbonyl (C=O) groups is 2. The van der Waals surface area contributed by atoms with Gasteiger partial charge in [0.25, 0.3) is 0 Å². The van der Waals surface area contributed by atoms with Crippen LogP contribution in [0.4, 0.5) is 5.69 Å². The standard InChI is InChI=1S/C14H13N3O2/c1-2-12(18)15-9-5-3-4-8(6-9)13-10-7-11(10)14(19)17-16-13/h2-6,10-11H,1,7H2,(H,15,18)(H,17,19). The van der Waals surface area contributed by atoms with Gasteiger partial charge >= 0.3 is 0 Å². The molecule has 96 valence electrons. The van der Waals surface area contributed by atoms with Crippen molar-refractivity contribution < 1.29 is 9.59 Å². The van der Waals surface area contributed by atoms with Gasteiger partial charge in [0.15, 0.2) is 0 Å². The van der Waals surface area contributed by atoms with E-state index in [0.717, 1.165) is 17.7 Å². The fourth-order valence-electron chi connectivity index (χ4n) is 2.30. The van der Waals surface area contributed by atoms with Gasteiger partial charge in [-0.3, -0.25) is 9.59 Å². The van der Waals surface area contributed by atoms with E-state index in [9.17, 15) is 9.59 Å². The highest BCUT2D eigenvalue weighted by Crippen LogP contribution is 2.43. The largest absolute Gasteiger partial charge is 0.323 e. The Labute approximate surface area is 110 Å². The molecule has 3 rings (SSSR count). The topological polar surface area (TPSA) is 70.6 Å². The van der Waals surface area contributed by atoms with Crippen LogP contribution in [-0.2, 0) is 9.59 Å². The van der Waals surface area contributed by atoms with E-state index < -0.39 is 0 Å². The number of rotatable bonds is 3. The van der Waals surface area contributed by atoms with Crippen molar-refractivity contribution in [2.75, 3.05) is 5.32 Å². The Morgan fingerprint density at radius 3 is 3.11 bits per heavy atom. The first-order valence-corrected chi connectivity index (χ1v) is 6.10. The van der Waals surface area contributed by atoms with Gasteiger partial charge in [-0.15, -0.1) is 0 Å². The zero-order valence-electron chi connectivity index (χ0n) is 10.2. The van der Waals surface area contributed by atoms with E-state index in [0.29, 0.717) is 5.69 Å². The lowest BCUT2D eigenvalue weighted by atomic mass is 10.0. The van der Waals surface area contributed by atoms with E-state index in [2.05, 4.69) is 22.4 Å². The van der Waals surface area contributed by atoms with E-state index in [1.165, 1.54) is 6.08 Å². The first-order chi connectivity index (χ1) is 9.19. The average molecular weight is 255 g/mol. The fourth-order valence-corrected chi connectivity index (χ4v) is 2.30. The number of amides is 2.